The topological polar surface area (TPSA) is 139 Å². The molecule has 1 unspecified atom stereocenters. The number of benzene rings is 3. The van der Waals surface area contributed by atoms with Crippen molar-refractivity contribution >= 4 is 56.2 Å². The molecule has 0 bridgehead atoms. The number of aromatic amines is 1. The Balaban J connectivity index is 1.39. The molecule has 0 saturated carbocycles. The average molecular weight is 722 g/mol. The summed E-state index contributed by atoms with van der Waals surface area (Å²) in [5.74, 6) is -0.630. The molecule has 11 nitrogen and oxygen atoms in total. The van der Waals surface area contributed by atoms with E-state index in [1.54, 1.807) is 64.3 Å². The number of hydrogen-bond donors (Lipinski definition) is 3. The lowest BCUT2D eigenvalue weighted by Crippen LogP contribution is -2.33. The van der Waals surface area contributed by atoms with Crippen LogP contribution in [0.4, 0.5) is 21.0 Å². The Labute approximate surface area is 288 Å². The molecule has 0 radical (unpaired) electrons. The van der Waals surface area contributed by atoms with E-state index in [0.717, 1.165) is 26.5 Å². The fraction of sp³-hybridized carbons (Fsp3) is 0.333. The van der Waals surface area contributed by atoms with Gasteiger partial charge in [-0.05, 0) is 91.7 Å². The van der Waals surface area contributed by atoms with Crippen molar-refractivity contribution in [3.63, 3.8) is 0 Å². The largest absolute Gasteiger partial charge is 0.467 e. The summed E-state index contributed by atoms with van der Waals surface area (Å²) in [6, 6.07) is 17.2. The predicted molar refractivity (Wildman–Crippen MR) is 189 cm³/mol. The van der Waals surface area contributed by atoms with Crippen molar-refractivity contribution in [3.8, 4) is 0 Å². The zero-order chi connectivity index (χ0) is 35.2. The number of aromatic nitrogens is 1. The molecule has 1 aromatic heterocycles. The summed E-state index contributed by atoms with van der Waals surface area (Å²) in [6.07, 6.45) is 0.519. The third kappa shape index (κ3) is 9.37. The Hall–Kier alpha value is -4.84. The maximum Gasteiger partial charge on any atom is 0.411 e. The highest BCUT2D eigenvalue weighted by Gasteiger charge is 2.24. The van der Waals surface area contributed by atoms with Gasteiger partial charge in [0, 0.05) is 46.9 Å². The first-order valence-corrected chi connectivity index (χ1v) is 16.2. The van der Waals surface area contributed by atoms with Crippen LogP contribution in [0.2, 0.25) is 0 Å². The van der Waals surface area contributed by atoms with Gasteiger partial charge in [-0.1, -0.05) is 47.1 Å². The molecule has 48 heavy (non-hydrogen) atoms. The first kappa shape index (κ1) is 36.0. The first-order chi connectivity index (χ1) is 22.6. The van der Waals surface area contributed by atoms with Gasteiger partial charge in [0.15, 0.2) is 6.04 Å². The third-order valence-electron chi connectivity index (χ3n) is 7.55. The second kappa shape index (κ2) is 15.4. The summed E-state index contributed by atoms with van der Waals surface area (Å²) in [4.78, 5) is 54.4. The molecule has 4 aromatic rings. The van der Waals surface area contributed by atoms with Gasteiger partial charge < -0.3 is 29.4 Å². The standard InChI is InChI=1S/C36H41BrN4O7/c1-21-16-24(31(33(43)46-7)39-27-10-8-23-14-15-38-32(42)29(23)18-27)9-12-28(21)22(2)20-47-34(44)40-26-11-13-30(37)25(17-26)19-41(6)35(45)48-36(3,4)5/h8-18,22,31,39H,19-20H2,1-7H3,(H,38,42)(H,40,44)/t22-,31?/m0/s1. The van der Waals surface area contributed by atoms with Gasteiger partial charge >= 0.3 is 18.2 Å². The zero-order valence-corrected chi connectivity index (χ0v) is 29.7. The number of nitrogens with one attached hydrogen (secondary N) is 3. The molecule has 12 heteroatoms. The maximum absolute atomic E-state index is 12.8. The van der Waals surface area contributed by atoms with Crippen molar-refractivity contribution in [2.45, 2.75) is 58.7 Å². The van der Waals surface area contributed by atoms with Gasteiger partial charge in [-0.3, -0.25) is 10.1 Å². The van der Waals surface area contributed by atoms with Crippen LogP contribution in [-0.2, 0) is 25.5 Å². The Bertz CT molecular complexity index is 1870. The molecule has 4 rings (SSSR count). The van der Waals surface area contributed by atoms with Crippen molar-refractivity contribution < 1.29 is 28.6 Å². The highest BCUT2D eigenvalue weighted by Crippen LogP contribution is 2.28. The number of esters is 1. The molecule has 0 aliphatic heterocycles. The number of ether oxygens (including phenoxy) is 3. The molecule has 0 fully saturated rings. The van der Waals surface area contributed by atoms with Crippen molar-refractivity contribution in [1.82, 2.24) is 9.88 Å². The smallest absolute Gasteiger partial charge is 0.411 e. The highest BCUT2D eigenvalue weighted by molar-refractivity contribution is 9.10. The molecule has 0 aliphatic rings. The van der Waals surface area contributed by atoms with Gasteiger partial charge in [0.2, 0.25) is 0 Å². The number of pyridine rings is 1. The van der Waals surface area contributed by atoms with Crippen molar-refractivity contribution in [3.05, 3.63) is 104 Å². The number of fused-ring (bicyclic) bond motifs is 1. The third-order valence-corrected chi connectivity index (χ3v) is 8.32. The van der Waals surface area contributed by atoms with Gasteiger partial charge in [-0.25, -0.2) is 14.4 Å². The summed E-state index contributed by atoms with van der Waals surface area (Å²) in [5, 5.41) is 7.25. The number of hydrogen-bond acceptors (Lipinski definition) is 8. The van der Waals surface area contributed by atoms with E-state index in [9.17, 15) is 19.2 Å². The van der Waals surface area contributed by atoms with Crippen molar-refractivity contribution in [1.29, 1.82) is 0 Å². The number of anilines is 2. The number of rotatable bonds is 10. The van der Waals surface area contributed by atoms with E-state index >= 15 is 0 Å². The molecular weight excluding hydrogens is 680 g/mol. The second-order valence-electron chi connectivity index (χ2n) is 12.6. The van der Waals surface area contributed by atoms with Crippen molar-refractivity contribution in [2.75, 3.05) is 31.4 Å². The number of H-pyrrole nitrogens is 1. The molecule has 254 valence electrons. The number of aryl methyl sites for hydroxylation is 1. The van der Waals surface area contributed by atoms with E-state index in [1.807, 2.05) is 44.2 Å². The molecule has 0 aliphatic carbocycles. The summed E-state index contributed by atoms with van der Waals surface area (Å²) in [5.41, 5.74) is 3.58. The lowest BCUT2D eigenvalue weighted by Gasteiger charge is -2.25. The fourth-order valence-corrected chi connectivity index (χ4v) is 5.52. The van der Waals surface area contributed by atoms with Crippen molar-refractivity contribution in [2.24, 2.45) is 0 Å². The van der Waals surface area contributed by atoms with Gasteiger partial charge in [0.25, 0.3) is 5.56 Å². The highest BCUT2D eigenvalue weighted by atomic mass is 79.9. The van der Waals surface area contributed by atoms with Crippen LogP contribution in [-0.4, -0.2) is 54.4 Å². The van der Waals surface area contributed by atoms with Crippen LogP contribution in [0.1, 0.15) is 61.9 Å². The molecule has 2 amide bonds. The van der Waals surface area contributed by atoms with Crippen LogP contribution in [0, 0.1) is 6.92 Å². The molecule has 2 atom stereocenters. The van der Waals surface area contributed by atoms with Crippen LogP contribution in [0.3, 0.4) is 0 Å². The zero-order valence-electron chi connectivity index (χ0n) is 28.1. The van der Waals surface area contributed by atoms with Crippen LogP contribution in [0.15, 0.2) is 76.1 Å². The second-order valence-corrected chi connectivity index (χ2v) is 13.4. The number of halogens is 1. The lowest BCUT2D eigenvalue weighted by atomic mass is 9.93. The Morgan fingerprint density at radius 3 is 2.42 bits per heavy atom. The Morgan fingerprint density at radius 1 is 1.00 bits per heavy atom. The van der Waals surface area contributed by atoms with E-state index in [4.69, 9.17) is 14.2 Å². The number of methoxy groups -OCH3 is 1. The van der Waals surface area contributed by atoms with E-state index in [2.05, 4.69) is 31.5 Å². The normalized spacial score (nSPS) is 12.5. The first-order valence-electron chi connectivity index (χ1n) is 15.4. The number of carbonyl (C=O) groups is 3. The van der Waals surface area contributed by atoms with E-state index in [1.165, 1.54) is 12.0 Å². The minimum Gasteiger partial charge on any atom is -0.467 e. The molecular formula is C36H41BrN4O7. The molecule has 0 spiro atoms. The Morgan fingerprint density at radius 2 is 1.73 bits per heavy atom. The quantitative estimate of drug-likeness (QED) is 0.112. The molecule has 3 N–H and O–H groups in total. The number of amides is 2. The Kier molecular flexibility index (Phi) is 11.5. The fourth-order valence-electron chi connectivity index (χ4n) is 5.15. The predicted octanol–water partition coefficient (Wildman–Crippen LogP) is 7.64. The molecule has 3 aromatic carbocycles. The monoisotopic (exact) mass is 720 g/mol. The minimum atomic E-state index is -0.819. The number of nitrogens with zero attached hydrogens (tertiary/aromatic N) is 1. The van der Waals surface area contributed by atoms with E-state index in [0.29, 0.717) is 22.3 Å². The van der Waals surface area contributed by atoms with Gasteiger partial charge in [-0.15, -0.1) is 0 Å². The summed E-state index contributed by atoms with van der Waals surface area (Å²) in [7, 11) is 2.97. The number of carbonyl (C=O) groups excluding carboxylic acids is 3. The molecule has 1 heterocycles. The van der Waals surface area contributed by atoms with E-state index < -0.39 is 29.8 Å². The van der Waals surface area contributed by atoms with Crippen LogP contribution in [0.25, 0.3) is 10.8 Å². The van der Waals surface area contributed by atoms with Crippen LogP contribution < -0.4 is 16.2 Å². The SMILES string of the molecule is COC(=O)C(Nc1ccc2cc[nH]c(=O)c2c1)c1ccc([C@@H](C)COC(=O)Nc2ccc(Br)c(CN(C)C(=O)OC(C)(C)C)c2)c(C)c1. The summed E-state index contributed by atoms with van der Waals surface area (Å²) < 4.78 is 16.8. The van der Waals surface area contributed by atoms with Gasteiger partial charge in [-0.2, -0.15) is 0 Å². The average Bonchev–Trinajstić information content (AvgIpc) is 3.03. The summed E-state index contributed by atoms with van der Waals surface area (Å²) in [6.45, 7) is 9.67. The van der Waals surface area contributed by atoms with Gasteiger partial charge in [0.1, 0.15) is 5.60 Å². The minimum absolute atomic E-state index is 0.112. The lowest BCUT2D eigenvalue weighted by molar-refractivity contribution is -0.141. The van der Waals surface area contributed by atoms with Crippen LogP contribution >= 0.6 is 15.9 Å². The maximum atomic E-state index is 12.8. The van der Waals surface area contributed by atoms with Gasteiger partial charge in [0.05, 0.1) is 13.7 Å². The van der Waals surface area contributed by atoms with E-state index in [-0.39, 0.29) is 24.6 Å². The summed E-state index contributed by atoms with van der Waals surface area (Å²) >= 11 is 3.51. The van der Waals surface area contributed by atoms with Crippen LogP contribution in [0.5, 0.6) is 0 Å². The molecule has 0 saturated heterocycles.